The van der Waals surface area contributed by atoms with Crippen molar-refractivity contribution in [2.75, 3.05) is 10.6 Å². The summed E-state index contributed by atoms with van der Waals surface area (Å²) >= 11 is 0. The first kappa shape index (κ1) is 29.5. The van der Waals surface area contributed by atoms with Crippen molar-refractivity contribution in [3.05, 3.63) is 76.3 Å². The standard InChI is InChI=1S/C24H27N5O.C3H8.C2H6/c1-5-18-10-11-20(25-14-18)13-24(30)29-21-9-7-8-19(12-21)16(3)27-23-15-26-22(6-2)17(4)28-23;1-3-2;1-2/h6-12,14-16H,4-5,13H2,1-3H3,(H,27,28)(H,29,30);3H2,1-2H3;1-2H3/b22-6+;;. The van der Waals surface area contributed by atoms with Crippen molar-refractivity contribution >= 4 is 30.1 Å². The molecule has 2 aromatic heterocycles. The van der Waals surface area contributed by atoms with E-state index in [1.807, 2.05) is 76.4 Å². The van der Waals surface area contributed by atoms with Crippen LogP contribution in [0.2, 0.25) is 0 Å². The molecular formula is C29H41N5O. The highest BCUT2D eigenvalue weighted by molar-refractivity contribution is 5.92. The van der Waals surface area contributed by atoms with Gasteiger partial charge in [0.1, 0.15) is 5.82 Å². The van der Waals surface area contributed by atoms with Gasteiger partial charge in [-0.05, 0) is 49.6 Å². The second kappa shape index (κ2) is 16.1. The lowest BCUT2D eigenvalue weighted by Crippen LogP contribution is -2.30. The maximum absolute atomic E-state index is 12.4. The van der Waals surface area contributed by atoms with Crippen molar-refractivity contribution in [2.24, 2.45) is 0 Å². The fourth-order valence-corrected chi connectivity index (χ4v) is 3.08. The van der Waals surface area contributed by atoms with Crippen LogP contribution in [0, 0.1) is 0 Å². The predicted octanol–water partition coefficient (Wildman–Crippen LogP) is 5.44. The zero-order valence-electron chi connectivity index (χ0n) is 22.4. The summed E-state index contributed by atoms with van der Waals surface area (Å²) in [5, 5.41) is 7.69. The minimum absolute atomic E-state index is 0.0183. The van der Waals surface area contributed by atoms with Gasteiger partial charge < -0.3 is 10.6 Å². The zero-order chi connectivity index (χ0) is 26.2. The fraction of sp³-hybridized carbons (Fsp3) is 0.379. The first-order valence-electron chi connectivity index (χ1n) is 12.5. The Morgan fingerprint density at radius 1 is 1.09 bits per heavy atom. The van der Waals surface area contributed by atoms with Crippen LogP contribution in [0.5, 0.6) is 0 Å². The fourth-order valence-electron chi connectivity index (χ4n) is 3.08. The van der Waals surface area contributed by atoms with Crippen LogP contribution in [0.4, 0.5) is 11.5 Å². The van der Waals surface area contributed by atoms with Gasteiger partial charge in [-0.2, -0.15) is 0 Å². The summed E-state index contributed by atoms with van der Waals surface area (Å²) in [5.41, 5.74) is 3.69. The maximum Gasteiger partial charge on any atom is 0.230 e. The number of nitrogens with one attached hydrogen (secondary N) is 2. The highest BCUT2D eigenvalue weighted by atomic mass is 16.1. The minimum atomic E-state index is -0.0940. The monoisotopic (exact) mass is 475 g/mol. The number of hydrogen-bond acceptors (Lipinski definition) is 5. The molecule has 3 aromatic rings. The summed E-state index contributed by atoms with van der Waals surface area (Å²) in [7, 11) is 0. The number of rotatable bonds is 7. The predicted molar refractivity (Wildman–Crippen MR) is 149 cm³/mol. The van der Waals surface area contributed by atoms with Crippen LogP contribution in [0.1, 0.15) is 77.7 Å². The van der Waals surface area contributed by atoms with E-state index in [0.29, 0.717) is 11.2 Å². The lowest BCUT2D eigenvalue weighted by atomic mass is 10.1. The molecule has 0 saturated heterocycles. The molecule has 0 spiro atoms. The van der Waals surface area contributed by atoms with Gasteiger partial charge in [0.25, 0.3) is 0 Å². The van der Waals surface area contributed by atoms with E-state index in [0.717, 1.165) is 34.3 Å². The molecule has 6 nitrogen and oxygen atoms in total. The maximum atomic E-state index is 12.4. The number of amides is 1. The van der Waals surface area contributed by atoms with E-state index in [4.69, 9.17) is 0 Å². The second-order valence-electron chi connectivity index (χ2n) is 7.81. The highest BCUT2D eigenvalue weighted by Crippen LogP contribution is 2.20. The van der Waals surface area contributed by atoms with Crippen LogP contribution < -0.4 is 21.3 Å². The van der Waals surface area contributed by atoms with Gasteiger partial charge in [0, 0.05) is 17.6 Å². The average Bonchev–Trinajstić information content (AvgIpc) is 2.86. The van der Waals surface area contributed by atoms with Gasteiger partial charge in [-0.25, -0.2) is 4.98 Å². The number of carbonyl (C=O) groups excluding carboxylic acids is 1. The molecule has 188 valence electrons. The zero-order valence-corrected chi connectivity index (χ0v) is 22.4. The van der Waals surface area contributed by atoms with Crippen LogP contribution >= 0.6 is 0 Å². The number of nitrogens with zero attached hydrogens (tertiary/aromatic N) is 3. The number of hydrogen-bond donors (Lipinski definition) is 2. The quantitative estimate of drug-likeness (QED) is 0.475. The molecule has 1 atom stereocenters. The van der Waals surface area contributed by atoms with Crippen molar-refractivity contribution in [1.29, 1.82) is 0 Å². The van der Waals surface area contributed by atoms with E-state index in [2.05, 4.69) is 52.9 Å². The first-order valence-corrected chi connectivity index (χ1v) is 12.5. The Bertz CT molecular complexity index is 1140. The molecular weight excluding hydrogens is 434 g/mol. The lowest BCUT2D eigenvalue weighted by molar-refractivity contribution is -0.115. The summed E-state index contributed by atoms with van der Waals surface area (Å²) in [6.07, 6.45) is 7.82. The molecule has 0 bridgehead atoms. The molecule has 0 aliphatic carbocycles. The molecule has 0 aliphatic rings. The number of pyridine rings is 1. The molecule has 0 aliphatic heterocycles. The van der Waals surface area contributed by atoms with Crippen molar-refractivity contribution in [3.63, 3.8) is 0 Å². The van der Waals surface area contributed by atoms with Gasteiger partial charge >= 0.3 is 0 Å². The van der Waals surface area contributed by atoms with Crippen molar-refractivity contribution in [2.45, 2.75) is 73.8 Å². The number of carbonyl (C=O) groups is 1. The molecule has 1 unspecified atom stereocenters. The highest BCUT2D eigenvalue weighted by Gasteiger charge is 2.10. The van der Waals surface area contributed by atoms with Crippen LogP contribution in [-0.2, 0) is 17.6 Å². The Morgan fingerprint density at radius 2 is 1.80 bits per heavy atom. The Labute approximate surface area is 210 Å². The number of benzene rings is 1. The van der Waals surface area contributed by atoms with Gasteiger partial charge in [-0.1, -0.05) is 71.9 Å². The van der Waals surface area contributed by atoms with Crippen LogP contribution in [-0.4, -0.2) is 20.9 Å². The summed E-state index contributed by atoms with van der Waals surface area (Å²) in [6, 6.07) is 11.7. The Hall–Kier alpha value is -3.54. The van der Waals surface area contributed by atoms with E-state index in [1.165, 1.54) is 6.42 Å². The van der Waals surface area contributed by atoms with Gasteiger partial charge in [-0.15, -0.1) is 0 Å². The molecule has 1 aromatic carbocycles. The molecule has 0 saturated carbocycles. The van der Waals surface area contributed by atoms with Crippen LogP contribution in [0.25, 0.3) is 12.7 Å². The molecule has 3 rings (SSSR count). The van der Waals surface area contributed by atoms with Crippen molar-refractivity contribution in [3.8, 4) is 0 Å². The van der Waals surface area contributed by atoms with E-state index in [9.17, 15) is 4.79 Å². The third-order valence-corrected chi connectivity index (χ3v) is 4.82. The molecule has 35 heavy (non-hydrogen) atoms. The lowest BCUT2D eigenvalue weighted by Gasteiger charge is -2.16. The minimum Gasteiger partial charge on any atom is -0.362 e. The molecule has 0 fully saturated rings. The normalized spacial score (nSPS) is 11.3. The molecule has 1 amide bonds. The number of aromatic nitrogens is 3. The van der Waals surface area contributed by atoms with E-state index in [-0.39, 0.29) is 18.4 Å². The average molecular weight is 476 g/mol. The second-order valence-corrected chi connectivity index (χ2v) is 7.81. The number of aryl methyl sites for hydroxylation is 1. The van der Waals surface area contributed by atoms with E-state index >= 15 is 0 Å². The van der Waals surface area contributed by atoms with Crippen molar-refractivity contribution in [1.82, 2.24) is 15.0 Å². The van der Waals surface area contributed by atoms with Crippen molar-refractivity contribution < 1.29 is 4.79 Å². The Balaban J connectivity index is 0.00000114. The summed E-state index contributed by atoms with van der Waals surface area (Å²) in [4.78, 5) is 25.6. The third kappa shape index (κ3) is 10.1. The smallest absolute Gasteiger partial charge is 0.230 e. The molecule has 6 heteroatoms. The summed E-state index contributed by atoms with van der Waals surface area (Å²) in [6.45, 7) is 18.2. The van der Waals surface area contributed by atoms with Crippen LogP contribution in [0.15, 0.2) is 48.8 Å². The number of anilines is 2. The van der Waals surface area contributed by atoms with Gasteiger partial charge in [0.05, 0.1) is 29.4 Å². The SMILES string of the molecule is C=c1nc(NC(C)c2cccc(NC(=O)Cc3ccc(CC)cn3)c2)cn/c1=C/C.CC.CCC. The largest absolute Gasteiger partial charge is 0.362 e. The Kier molecular flexibility index (Phi) is 13.6. The molecule has 0 radical (unpaired) electrons. The topological polar surface area (TPSA) is 79.8 Å². The van der Waals surface area contributed by atoms with Gasteiger partial charge in [-0.3, -0.25) is 14.8 Å². The van der Waals surface area contributed by atoms with E-state index < -0.39 is 0 Å². The van der Waals surface area contributed by atoms with Gasteiger partial charge in [0.15, 0.2) is 0 Å². The molecule has 2 heterocycles. The van der Waals surface area contributed by atoms with E-state index in [1.54, 1.807) is 6.20 Å². The first-order chi connectivity index (χ1) is 16.9. The summed E-state index contributed by atoms with van der Waals surface area (Å²) in [5.74, 6) is 0.567. The third-order valence-electron chi connectivity index (χ3n) is 4.82. The Morgan fingerprint density at radius 3 is 2.37 bits per heavy atom. The van der Waals surface area contributed by atoms with Crippen LogP contribution in [0.3, 0.4) is 0 Å². The van der Waals surface area contributed by atoms with Gasteiger partial charge in [0.2, 0.25) is 5.91 Å². The molecule has 2 N–H and O–H groups in total. The summed E-state index contributed by atoms with van der Waals surface area (Å²) < 4.78 is 0.